The van der Waals surface area contributed by atoms with Gasteiger partial charge in [-0.1, -0.05) is 26.0 Å². The lowest BCUT2D eigenvalue weighted by Crippen LogP contribution is -2.42. The second kappa shape index (κ2) is 7.74. The molecule has 1 aromatic heterocycles. The molecule has 0 saturated carbocycles. The number of carbonyl (C=O) groups excluding carboxylic acids is 1. The Kier molecular flexibility index (Phi) is 5.43. The van der Waals surface area contributed by atoms with Crippen LogP contribution in [0.15, 0.2) is 36.4 Å². The Bertz CT molecular complexity index is 711. The van der Waals surface area contributed by atoms with Crippen LogP contribution in [0.3, 0.4) is 0 Å². The van der Waals surface area contributed by atoms with Crippen LogP contribution >= 0.6 is 0 Å². The topological polar surface area (TPSA) is 55.3 Å². The van der Waals surface area contributed by atoms with Crippen LogP contribution in [0.1, 0.15) is 48.7 Å². The van der Waals surface area contributed by atoms with Crippen molar-refractivity contribution in [2.75, 3.05) is 20.2 Å². The van der Waals surface area contributed by atoms with Crippen molar-refractivity contribution in [3.63, 3.8) is 0 Å². The van der Waals surface area contributed by atoms with Gasteiger partial charge < -0.3 is 9.64 Å². The van der Waals surface area contributed by atoms with Crippen LogP contribution in [0.25, 0.3) is 11.3 Å². The third kappa shape index (κ3) is 4.04. The lowest BCUT2D eigenvalue weighted by Gasteiger charge is -2.32. The predicted octanol–water partition coefficient (Wildman–Crippen LogP) is 3.52. The summed E-state index contributed by atoms with van der Waals surface area (Å²) in [6, 6.07) is 11.6. The van der Waals surface area contributed by atoms with E-state index in [9.17, 15) is 4.79 Å². The summed E-state index contributed by atoms with van der Waals surface area (Å²) in [4.78, 5) is 14.5. The quantitative estimate of drug-likeness (QED) is 0.855. The van der Waals surface area contributed by atoms with Gasteiger partial charge in [0.2, 0.25) is 0 Å². The van der Waals surface area contributed by atoms with E-state index in [1.807, 2.05) is 41.3 Å². The van der Waals surface area contributed by atoms with Crippen molar-refractivity contribution in [3.05, 3.63) is 47.7 Å². The monoisotopic (exact) mass is 339 g/mol. The smallest absolute Gasteiger partial charge is 0.253 e. The number of likely N-dealkylation sites (tertiary alicyclic amines) is 1. The van der Waals surface area contributed by atoms with Crippen molar-refractivity contribution in [1.29, 1.82) is 0 Å². The van der Waals surface area contributed by atoms with Crippen LogP contribution in [0.5, 0.6) is 0 Å². The molecule has 0 aliphatic carbocycles. The molecule has 1 saturated heterocycles. The van der Waals surface area contributed by atoms with E-state index in [1.165, 1.54) is 0 Å². The van der Waals surface area contributed by atoms with Crippen LogP contribution < -0.4 is 0 Å². The van der Waals surface area contributed by atoms with Gasteiger partial charge in [0.15, 0.2) is 0 Å². The summed E-state index contributed by atoms with van der Waals surface area (Å²) >= 11 is 0. The Hall–Kier alpha value is -2.27. The molecule has 0 unspecified atom stereocenters. The second-order valence-corrected chi connectivity index (χ2v) is 6.83. The van der Waals surface area contributed by atoms with Gasteiger partial charge in [-0.25, -0.2) is 0 Å². The van der Waals surface area contributed by atoms with E-state index in [0.717, 1.165) is 36.3 Å². The molecule has 0 spiro atoms. The van der Waals surface area contributed by atoms with Gasteiger partial charge >= 0.3 is 0 Å². The van der Waals surface area contributed by atoms with Crippen LogP contribution in [-0.4, -0.2) is 47.3 Å². The zero-order valence-corrected chi connectivity index (χ0v) is 15.1. The maximum atomic E-state index is 12.7. The first-order valence-electron chi connectivity index (χ1n) is 8.84. The van der Waals surface area contributed by atoms with Crippen molar-refractivity contribution < 1.29 is 9.53 Å². The van der Waals surface area contributed by atoms with Gasteiger partial charge in [-0.3, -0.25) is 4.79 Å². The third-order valence-electron chi connectivity index (χ3n) is 4.70. The van der Waals surface area contributed by atoms with Crippen molar-refractivity contribution >= 4 is 5.91 Å². The van der Waals surface area contributed by atoms with Crippen molar-refractivity contribution in [1.82, 2.24) is 15.1 Å². The average molecular weight is 339 g/mol. The molecule has 5 nitrogen and oxygen atoms in total. The highest BCUT2D eigenvalue weighted by molar-refractivity contribution is 5.94. The second-order valence-electron chi connectivity index (χ2n) is 6.83. The summed E-state index contributed by atoms with van der Waals surface area (Å²) in [6.45, 7) is 5.65. The molecule has 1 aliphatic rings. The molecule has 0 radical (unpaired) electrons. The molecule has 0 N–H and O–H groups in total. The van der Waals surface area contributed by atoms with Crippen molar-refractivity contribution in [2.45, 2.75) is 38.7 Å². The Labute approximate surface area is 149 Å². The number of aromatic nitrogens is 2. The highest BCUT2D eigenvalue weighted by Crippen LogP contribution is 2.21. The largest absolute Gasteiger partial charge is 0.380 e. The van der Waals surface area contributed by atoms with Crippen molar-refractivity contribution in [3.8, 4) is 11.3 Å². The maximum absolute atomic E-state index is 12.7. The first-order chi connectivity index (χ1) is 12.1. The molecule has 1 atom stereocenters. The fourth-order valence-corrected chi connectivity index (χ4v) is 3.09. The normalized spacial score (nSPS) is 17.8. The molecule has 0 bridgehead atoms. The fraction of sp³-hybridized carbons (Fsp3) is 0.450. The Balaban J connectivity index is 1.72. The summed E-state index contributed by atoms with van der Waals surface area (Å²) in [5.41, 5.74) is 3.47. The fourth-order valence-electron chi connectivity index (χ4n) is 3.09. The number of piperidine rings is 1. The standard InChI is InChI=1S/C20H25N3O2/c1-14(2)18-10-11-19(22-21-18)15-6-8-16(9-7-15)20(24)23-12-4-5-17(13-23)25-3/h6-11,14,17H,4-5,12-13H2,1-3H3/t17-/m0/s1. The molecule has 2 heterocycles. The van der Waals surface area contributed by atoms with Gasteiger partial charge in [0.1, 0.15) is 0 Å². The van der Waals surface area contributed by atoms with Gasteiger partial charge in [0, 0.05) is 31.3 Å². The van der Waals surface area contributed by atoms with Crippen molar-refractivity contribution in [2.24, 2.45) is 0 Å². The van der Waals surface area contributed by atoms with Crippen LogP contribution in [0, 0.1) is 0 Å². The summed E-state index contributed by atoms with van der Waals surface area (Å²) in [6.07, 6.45) is 2.15. The number of hydrogen-bond donors (Lipinski definition) is 0. The minimum Gasteiger partial charge on any atom is -0.380 e. The van der Waals surface area contributed by atoms with Gasteiger partial charge in [-0.05, 0) is 43.0 Å². The number of ether oxygens (including phenoxy) is 1. The SMILES string of the molecule is CO[C@H]1CCCN(C(=O)c2ccc(-c3ccc(C(C)C)nn3)cc2)C1. The molecular weight excluding hydrogens is 314 g/mol. The highest BCUT2D eigenvalue weighted by atomic mass is 16.5. The molecule has 2 aromatic rings. The van der Waals surface area contributed by atoms with E-state index >= 15 is 0 Å². The number of hydrogen-bond acceptors (Lipinski definition) is 4. The van der Waals surface area contributed by atoms with Crippen LogP contribution in [-0.2, 0) is 4.74 Å². The number of benzene rings is 1. The third-order valence-corrected chi connectivity index (χ3v) is 4.70. The molecule has 1 aliphatic heterocycles. The molecule has 132 valence electrons. The summed E-state index contributed by atoms with van der Waals surface area (Å²) in [7, 11) is 1.71. The molecule has 3 rings (SSSR count). The number of amides is 1. The van der Waals surface area contributed by atoms with E-state index in [-0.39, 0.29) is 12.0 Å². The molecule has 25 heavy (non-hydrogen) atoms. The molecule has 5 heteroatoms. The molecule has 1 aromatic carbocycles. The maximum Gasteiger partial charge on any atom is 0.253 e. The van der Waals surface area contributed by atoms with Crippen LogP contribution in [0.2, 0.25) is 0 Å². The lowest BCUT2D eigenvalue weighted by molar-refractivity contribution is 0.0269. The van der Waals surface area contributed by atoms with E-state index in [4.69, 9.17) is 4.74 Å². The van der Waals surface area contributed by atoms with Gasteiger partial charge in [-0.2, -0.15) is 10.2 Å². The highest BCUT2D eigenvalue weighted by Gasteiger charge is 2.24. The Morgan fingerprint density at radius 3 is 2.52 bits per heavy atom. The summed E-state index contributed by atoms with van der Waals surface area (Å²) in [5.74, 6) is 0.427. The first kappa shape index (κ1) is 17.5. The molecule has 1 fully saturated rings. The van der Waals surface area contributed by atoms with E-state index < -0.39 is 0 Å². The number of methoxy groups -OCH3 is 1. The Morgan fingerprint density at radius 1 is 1.16 bits per heavy atom. The number of rotatable bonds is 4. The molecular formula is C20H25N3O2. The average Bonchev–Trinajstić information content (AvgIpc) is 2.67. The zero-order chi connectivity index (χ0) is 17.8. The van der Waals surface area contributed by atoms with Crippen LogP contribution in [0.4, 0.5) is 0 Å². The lowest BCUT2D eigenvalue weighted by atomic mass is 10.0. The minimum absolute atomic E-state index is 0.0644. The Morgan fingerprint density at radius 2 is 1.92 bits per heavy atom. The summed E-state index contributed by atoms with van der Waals surface area (Å²) < 4.78 is 5.40. The summed E-state index contributed by atoms with van der Waals surface area (Å²) in [5, 5.41) is 8.56. The van der Waals surface area contributed by atoms with Gasteiger partial charge in [0.25, 0.3) is 5.91 Å². The predicted molar refractivity (Wildman–Crippen MR) is 97.5 cm³/mol. The number of nitrogens with zero attached hydrogens (tertiary/aromatic N) is 3. The van der Waals surface area contributed by atoms with E-state index in [0.29, 0.717) is 18.0 Å². The van der Waals surface area contributed by atoms with E-state index in [1.54, 1.807) is 7.11 Å². The number of carbonyl (C=O) groups is 1. The first-order valence-corrected chi connectivity index (χ1v) is 8.84. The van der Waals surface area contributed by atoms with Gasteiger partial charge in [0.05, 0.1) is 17.5 Å². The molecule has 1 amide bonds. The minimum atomic E-state index is 0.0644. The van der Waals surface area contributed by atoms with E-state index in [2.05, 4.69) is 24.0 Å². The zero-order valence-electron chi connectivity index (χ0n) is 15.1. The van der Waals surface area contributed by atoms with Gasteiger partial charge in [-0.15, -0.1) is 0 Å².